The molecule has 122 valence electrons. The van der Waals surface area contributed by atoms with Gasteiger partial charge in [0.15, 0.2) is 0 Å². The number of rotatable bonds is 6. The summed E-state index contributed by atoms with van der Waals surface area (Å²) in [4.78, 5) is 11.7. The molecule has 0 aliphatic rings. The molecule has 0 atom stereocenters. The van der Waals surface area contributed by atoms with Gasteiger partial charge < -0.3 is 15.4 Å². The van der Waals surface area contributed by atoms with Gasteiger partial charge in [-0.2, -0.15) is 0 Å². The highest BCUT2D eigenvalue weighted by molar-refractivity contribution is 6.30. The van der Waals surface area contributed by atoms with E-state index in [2.05, 4.69) is 10.6 Å². The van der Waals surface area contributed by atoms with Crippen molar-refractivity contribution in [1.82, 2.24) is 10.6 Å². The van der Waals surface area contributed by atoms with E-state index in [1.54, 1.807) is 12.1 Å². The summed E-state index contributed by atoms with van der Waals surface area (Å²) in [5, 5.41) is 6.24. The largest absolute Gasteiger partial charge is 0.491 e. The monoisotopic (exact) mass is 332 g/mol. The minimum absolute atomic E-state index is 0.218. The molecule has 0 fully saturated rings. The van der Waals surface area contributed by atoms with E-state index < -0.39 is 0 Å². The zero-order chi connectivity index (χ0) is 16.7. The van der Waals surface area contributed by atoms with Crippen molar-refractivity contribution in [2.24, 2.45) is 0 Å². The van der Waals surface area contributed by atoms with Gasteiger partial charge in [0, 0.05) is 11.6 Å². The summed E-state index contributed by atoms with van der Waals surface area (Å²) in [6, 6.07) is 13.2. The van der Waals surface area contributed by atoms with Gasteiger partial charge in [0.2, 0.25) is 0 Å². The Labute approximate surface area is 141 Å². The SMILES string of the molecule is Cc1ccc(C)c(OCCNC(=O)NCc2ccc(Cl)cc2)c1. The number of hydrogen-bond acceptors (Lipinski definition) is 2. The van der Waals surface area contributed by atoms with Gasteiger partial charge in [0.25, 0.3) is 0 Å². The molecule has 0 unspecified atom stereocenters. The first kappa shape index (κ1) is 17.2. The number of nitrogens with one attached hydrogen (secondary N) is 2. The summed E-state index contributed by atoms with van der Waals surface area (Å²) in [5.74, 6) is 0.855. The maximum Gasteiger partial charge on any atom is 0.315 e. The molecule has 0 heterocycles. The molecule has 23 heavy (non-hydrogen) atoms. The number of carbonyl (C=O) groups excluding carboxylic acids is 1. The Kier molecular flexibility index (Phi) is 6.29. The number of benzene rings is 2. The smallest absolute Gasteiger partial charge is 0.315 e. The Bertz CT molecular complexity index is 657. The van der Waals surface area contributed by atoms with Crippen molar-refractivity contribution in [3.63, 3.8) is 0 Å². The first-order valence-electron chi connectivity index (χ1n) is 7.51. The average molecular weight is 333 g/mol. The second-order valence-corrected chi connectivity index (χ2v) is 5.79. The minimum atomic E-state index is -0.218. The van der Waals surface area contributed by atoms with Gasteiger partial charge in [-0.25, -0.2) is 4.79 Å². The van der Waals surface area contributed by atoms with E-state index in [1.807, 2.05) is 44.2 Å². The van der Waals surface area contributed by atoms with Crippen molar-refractivity contribution in [1.29, 1.82) is 0 Å². The molecule has 2 amide bonds. The molecule has 5 heteroatoms. The molecule has 2 rings (SSSR count). The van der Waals surface area contributed by atoms with Crippen LogP contribution in [0.1, 0.15) is 16.7 Å². The number of hydrogen-bond donors (Lipinski definition) is 2. The summed E-state index contributed by atoms with van der Waals surface area (Å²) in [7, 11) is 0. The van der Waals surface area contributed by atoms with Crippen LogP contribution in [-0.4, -0.2) is 19.2 Å². The molecule has 0 radical (unpaired) electrons. The molecule has 2 aromatic rings. The Morgan fingerprint density at radius 1 is 1.09 bits per heavy atom. The fraction of sp³-hybridized carbons (Fsp3) is 0.278. The molecular weight excluding hydrogens is 312 g/mol. The summed E-state index contributed by atoms with van der Waals surface area (Å²) in [6.07, 6.45) is 0. The second kappa shape index (κ2) is 8.44. The molecule has 0 aliphatic heterocycles. The Morgan fingerprint density at radius 3 is 2.57 bits per heavy atom. The molecule has 0 spiro atoms. The fourth-order valence-corrected chi connectivity index (χ4v) is 2.16. The molecule has 0 saturated carbocycles. The van der Waals surface area contributed by atoms with Crippen LogP contribution in [0.4, 0.5) is 4.79 Å². The Hall–Kier alpha value is -2.20. The van der Waals surface area contributed by atoms with Gasteiger partial charge >= 0.3 is 6.03 Å². The Morgan fingerprint density at radius 2 is 1.83 bits per heavy atom. The third kappa shape index (κ3) is 5.83. The van der Waals surface area contributed by atoms with E-state index in [0.717, 1.165) is 22.4 Å². The third-order valence-electron chi connectivity index (χ3n) is 3.36. The van der Waals surface area contributed by atoms with Crippen molar-refractivity contribution in [3.05, 3.63) is 64.2 Å². The van der Waals surface area contributed by atoms with Crippen LogP contribution < -0.4 is 15.4 Å². The fourth-order valence-electron chi connectivity index (χ4n) is 2.04. The van der Waals surface area contributed by atoms with Crippen LogP contribution in [0.25, 0.3) is 0 Å². The number of halogens is 1. The van der Waals surface area contributed by atoms with Crippen molar-refractivity contribution < 1.29 is 9.53 Å². The van der Waals surface area contributed by atoms with E-state index in [4.69, 9.17) is 16.3 Å². The third-order valence-corrected chi connectivity index (χ3v) is 3.61. The molecule has 2 aromatic carbocycles. The topological polar surface area (TPSA) is 50.4 Å². The molecule has 2 N–H and O–H groups in total. The van der Waals surface area contributed by atoms with E-state index in [1.165, 1.54) is 0 Å². The van der Waals surface area contributed by atoms with Gasteiger partial charge in [-0.3, -0.25) is 0 Å². The molecule has 0 saturated heterocycles. The lowest BCUT2D eigenvalue weighted by molar-refractivity contribution is 0.236. The highest BCUT2D eigenvalue weighted by atomic mass is 35.5. The van der Waals surface area contributed by atoms with E-state index in [0.29, 0.717) is 24.7 Å². The highest BCUT2D eigenvalue weighted by Crippen LogP contribution is 2.18. The number of aryl methyl sites for hydroxylation is 2. The molecule has 0 aliphatic carbocycles. The van der Waals surface area contributed by atoms with Gasteiger partial charge in [-0.15, -0.1) is 0 Å². The molecule has 4 nitrogen and oxygen atoms in total. The lowest BCUT2D eigenvalue weighted by Crippen LogP contribution is -2.37. The van der Waals surface area contributed by atoms with Crippen molar-refractivity contribution >= 4 is 17.6 Å². The summed E-state index contributed by atoms with van der Waals surface area (Å²) >= 11 is 5.82. The van der Waals surface area contributed by atoms with Gasteiger partial charge in [-0.1, -0.05) is 35.9 Å². The zero-order valence-corrected chi connectivity index (χ0v) is 14.1. The van der Waals surface area contributed by atoms with E-state index >= 15 is 0 Å². The van der Waals surface area contributed by atoms with E-state index in [9.17, 15) is 4.79 Å². The summed E-state index contributed by atoms with van der Waals surface area (Å²) < 4.78 is 5.69. The van der Waals surface area contributed by atoms with E-state index in [-0.39, 0.29) is 6.03 Å². The van der Waals surface area contributed by atoms with Crippen LogP contribution in [-0.2, 0) is 6.54 Å². The van der Waals surface area contributed by atoms with Gasteiger partial charge in [-0.05, 0) is 48.7 Å². The highest BCUT2D eigenvalue weighted by Gasteiger charge is 2.02. The first-order chi connectivity index (χ1) is 11.0. The van der Waals surface area contributed by atoms with Crippen LogP contribution in [0.2, 0.25) is 5.02 Å². The number of ether oxygens (including phenoxy) is 1. The number of urea groups is 1. The lowest BCUT2D eigenvalue weighted by Gasteiger charge is -2.11. The van der Waals surface area contributed by atoms with Crippen molar-refractivity contribution in [2.75, 3.05) is 13.2 Å². The normalized spacial score (nSPS) is 10.2. The average Bonchev–Trinajstić information content (AvgIpc) is 2.54. The van der Waals surface area contributed by atoms with Crippen LogP contribution >= 0.6 is 11.6 Å². The van der Waals surface area contributed by atoms with Crippen molar-refractivity contribution in [3.8, 4) is 5.75 Å². The maximum atomic E-state index is 11.7. The standard InChI is InChI=1S/C18H21ClN2O2/c1-13-3-4-14(2)17(11-13)23-10-9-20-18(22)21-12-15-5-7-16(19)8-6-15/h3-8,11H,9-10,12H2,1-2H3,(H2,20,21,22). The quantitative estimate of drug-likeness (QED) is 0.790. The van der Waals surface area contributed by atoms with Crippen LogP contribution in [0, 0.1) is 13.8 Å². The van der Waals surface area contributed by atoms with Crippen molar-refractivity contribution in [2.45, 2.75) is 20.4 Å². The first-order valence-corrected chi connectivity index (χ1v) is 7.88. The van der Waals surface area contributed by atoms with Gasteiger partial charge in [0.1, 0.15) is 12.4 Å². The van der Waals surface area contributed by atoms with Crippen LogP contribution in [0.5, 0.6) is 5.75 Å². The number of carbonyl (C=O) groups is 1. The zero-order valence-electron chi connectivity index (χ0n) is 13.4. The molecule has 0 bridgehead atoms. The second-order valence-electron chi connectivity index (χ2n) is 5.35. The van der Waals surface area contributed by atoms with Gasteiger partial charge in [0.05, 0.1) is 6.54 Å². The van der Waals surface area contributed by atoms with Crippen LogP contribution in [0.15, 0.2) is 42.5 Å². The minimum Gasteiger partial charge on any atom is -0.491 e. The maximum absolute atomic E-state index is 11.7. The molecular formula is C18H21ClN2O2. The summed E-state index contributed by atoms with van der Waals surface area (Å²) in [6.45, 7) is 5.36. The number of amides is 2. The lowest BCUT2D eigenvalue weighted by atomic mass is 10.1. The molecule has 0 aromatic heterocycles. The Balaban J connectivity index is 1.66. The predicted octanol–water partition coefficient (Wildman–Crippen LogP) is 3.84. The van der Waals surface area contributed by atoms with Crippen LogP contribution in [0.3, 0.4) is 0 Å². The summed E-state index contributed by atoms with van der Waals surface area (Å²) in [5.41, 5.74) is 3.23. The predicted molar refractivity (Wildman–Crippen MR) is 93.1 cm³/mol.